The molecule has 0 bridgehead atoms. The van der Waals surface area contributed by atoms with Gasteiger partial charge in [0.05, 0.1) is 5.52 Å². The number of nitrogens with zero attached hydrogens (tertiary/aromatic N) is 2. The molecule has 0 spiro atoms. The highest BCUT2D eigenvalue weighted by Crippen LogP contribution is 2.14. The maximum atomic E-state index is 13.7. The van der Waals surface area contributed by atoms with E-state index >= 15 is 0 Å². The van der Waals surface area contributed by atoms with Crippen molar-refractivity contribution in [1.82, 2.24) is 20.0 Å². The number of pyridine rings is 1. The molecular weight excluding hydrogens is 363 g/mol. The molecule has 0 aliphatic rings. The van der Waals surface area contributed by atoms with Crippen LogP contribution in [0, 0.1) is 5.82 Å². The lowest BCUT2D eigenvalue weighted by atomic mass is 10.2. The molecule has 2 amide bonds. The van der Waals surface area contributed by atoms with Crippen molar-refractivity contribution in [3.8, 4) is 0 Å². The molecule has 146 valence electrons. The number of nitrogens with one attached hydrogen (secondary N) is 2. The molecular formula is C20H21FN4O3. The van der Waals surface area contributed by atoms with Gasteiger partial charge >= 0.3 is 0 Å². The molecule has 2 heterocycles. The second kappa shape index (κ2) is 9.09. The van der Waals surface area contributed by atoms with E-state index in [9.17, 15) is 14.0 Å². The fourth-order valence-electron chi connectivity index (χ4n) is 2.76. The first kappa shape index (κ1) is 19.5. The highest BCUT2D eigenvalue weighted by atomic mass is 19.1. The highest BCUT2D eigenvalue weighted by Gasteiger charge is 2.21. The molecule has 28 heavy (non-hydrogen) atoms. The van der Waals surface area contributed by atoms with Crippen LogP contribution < -0.4 is 10.6 Å². The first-order valence-corrected chi connectivity index (χ1v) is 8.87. The van der Waals surface area contributed by atoms with E-state index in [1.54, 1.807) is 54.1 Å². The smallest absolute Gasteiger partial charge is 0.287 e. The lowest BCUT2D eigenvalue weighted by molar-refractivity contribution is 0.0939. The number of carbonyl (C=O) groups excluding carboxylic acids is 2. The number of halogens is 1. The number of ether oxygens (including phenoxy) is 1. The first-order chi connectivity index (χ1) is 13.6. The van der Waals surface area contributed by atoms with Crippen LogP contribution in [0.25, 0.3) is 5.52 Å². The molecule has 0 aliphatic carbocycles. The van der Waals surface area contributed by atoms with Gasteiger partial charge in [0.25, 0.3) is 11.8 Å². The van der Waals surface area contributed by atoms with E-state index in [0.717, 1.165) is 0 Å². The number of benzene rings is 1. The minimum absolute atomic E-state index is 0.0196. The van der Waals surface area contributed by atoms with Crippen molar-refractivity contribution in [1.29, 1.82) is 0 Å². The van der Waals surface area contributed by atoms with Crippen molar-refractivity contribution in [3.05, 3.63) is 71.6 Å². The minimum Gasteiger partial charge on any atom is -0.385 e. The van der Waals surface area contributed by atoms with Gasteiger partial charge in [-0.3, -0.25) is 14.0 Å². The molecule has 2 N–H and O–H groups in total. The molecule has 0 saturated heterocycles. The van der Waals surface area contributed by atoms with E-state index in [1.807, 2.05) is 0 Å². The summed E-state index contributed by atoms with van der Waals surface area (Å²) in [4.78, 5) is 29.3. The van der Waals surface area contributed by atoms with Crippen molar-refractivity contribution in [2.45, 2.75) is 13.0 Å². The van der Waals surface area contributed by atoms with Crippen LogP contribution in [-0.4, -0.2) is 41.5 Å². The van der Waals surface area contributed by atoms with Crippen LogP contribution >= 0.6 is 0 Å². The van der Waals surface area contributed by atoms with Gasteiger partial charge in [0.15, 0.2) is 5.69 Å². The fourth-order valence-corrected chi connectivity index (χ4v) is 2.76. The molecule has 3 rings (SSSR count). The van der Waals surface area contributed by atoms with Crippen LogP contribution in [0.5, 0.6) is 0 Å². The van der Waals surface area contributed by atoms with Gasteiger partial charge in [0.1, 0.15) is 5.82 Å². The third-order valence-electron chi connectivity index (χ3n) is 4.17. The van der Waals surface area contributed by atoms with Crippen LogP contribution in [0.15, 0.2) is 48.7 Å². The number of amides is 2. The fraction of sp³-hybridized carbons (Fsp3) is 0.250. The largest absolute Gasteiger partial charge is 0.385 e. The zero-order valence-electron chi connectivity index (χ0n) is 15.4. The SMILES string of the molecule is COCCCNC(=O)c1nc(C(=O)NCc2ccccc2F)n2ccccc12. The van der Waals surface area contributed by atoms with Crippen molar-refractivity contribution in [2.75, 3.05) is 20.3 Å². The number of carbonyl (C=O) groups is 2. The predicted octanol–water partition coefficient (Wildman–Crippen LogP) is 2.17. The van der Waals surface area contributed by atoms with Gasteiger partial charge in [-0.05, 0) is 24.6 Å². The van der Waals surface area contributed by atoms with Gasteiger partial charge in [0.2, 0.25) is 5.82 Å². The molecule has 0 saturated carbocycles. The van der Waals surface area contributed by atoms with E-state index in [-0.39, 0.29) is 24.0 Å². The molecule has 0 aliphatic heterocycles. The zero-order chi connectivity index (χ0) is 19.9. The second-order valence-electron chi connectivity index (χ2n) is 6.12. The van der Waals surface area contributed by atoms with E-state index in [1.165, 1.54) is 6.07 Å². The number of rotatable bonds is 8. The van der Waals surface area contributed by atoms with Crippen LogP contribution in [-0.2, 0) is 11.3 Å². The predicted molar refractivity (Wildman–Crippen MR) is 102 cm³/mol. The summed E-state index contributed by atoms with van der Waals surface area (Å²) in [6.07, 6.45) is 2.33. The average Bonchev–Trinajstić information content (AvgIpc) is 3.10. The third-order valence-corrected chi connectivity index (χ3v) is 4.17. The van der Waals surface area contributed by atoms with Gasteiger partial charge in [-0.25, -0.2) is 9.37 Å². The summed E-state index contributed by atoms with van der Waals surface area (Å²) in [5.74, 6) is -1.20. The van der Waals surface area contributed by atoms with E-state index in [0.29, 0.717) is 30.7 Å². The lowest BCUT2D eigenvalue weighted by Crippen LogP contribution is -2.27. The molecule has 2 aromatic heterocycles. The van der Waals surface area contributed by atoms with Crippen molar-refractivity contribution in [2.24, 2.45) is 0 Å². The Kier molecular flexibility index (Phi) is 6.33. The average molecular weight is 384 g/mol. The summed E-state index contributed by atoms with van der Waals surface area (Å²) >= 11 is 0. The maximum absolute atomic E-state index is 13.7. The van der Waals surface area contributed by atoms with Crippen LogP contribution in [0.3, 0.4) is 0 Å². The van der Waals surface area contributed by atoms with E-state index < -0.39 is 11.7 Å². The summed E-state index contributed by atoms with van der Waals surface area (Å²) < 4.78 is 20.2. The Bertz CT molecular complexity index is 986. The maximum Gasteiger partial charge on any atom is 0.287 e. The summed E-state index contributed by atoms with van der Waals surface area (Å²) in [7, 11) is 1.59. The van der Waals surface area contributed by atoms with Gasteiger partial charge in [0, 0.05) is 38.6 Å². The zero-order valence-corrected chi connectivity index (χ0v) is 15.4. The molecule has 1 aromatic carbocycles. The van der Waals surface area contributed by atoms with Gasteiger partial charge < -0.3 is 15.4 Å². The minimum atomic E-state index is -0.497. The Morgan fingerprint density at radius 3 is 2.68 bits per heavy atom. The van der Waals surface area contributed by atoms with Crippen molar-refractivity contribution in [3.63, 3.8) is 0 Å². The standard InChI is InChI=1S/C20H21FN4O3/c1-28-12-6-10-22-19(26)17-16-9-4-5-11-25(16)18(24-17)20(27)23-13-14-7-2-3-8-15(14)21/h2-5,7-9,11H,6,10,12-13H2,1H3,(H,22,26)(H,23,27). The number of hydrogen-bond donors (Lipinski definition) is 2. The highest BCUT2D eigenvalue weighted by molar-refractivity contribution is 6.02. The molecule has 7 nitrogen and oxygen atoms in total. The number of methoxy groups -OCH3 is 1. The van der Waals surface area contributed by atoms with E-state index in [4.69, 9.17) is 4.74 Å². The van der Waals surface area contributed by atoms with E-state index in [2.05, 4.69) is 15.6 Å². The van der Waals surface area contributed by atoms with Crippen LogP contribution in [0.1, 0.15) is 33.1 Å². The third kappa shape index (κ3) is 4.34. The van der Waals surface area contributed by atoms with Crippen molar-refractivity contribution < 1.29 is 18.7 Å². The molecule has 0 radical (unpaired) electrons. The summed E-state index contributed by atoms with van der Waals surface area (Å²) in [6.45, 7) is 0.993. The first-order valence-electron chi connectivity index (χ1n) is 8.87. The van der Waals surface area contributed by atoms with Gasteiger partial charge in [-0.2, -0.15) is 0 Å². The normalized spacial score (nSPS) is 10.8. The summed E-state index contributed by atoms with van der Waals surface area (Å²) in [5.41, 5.74) is 1.05. The molecule has 3 aromatic rings. The Morgan fingerprint density at radius 2 is 1.89 bits per heavy atom. The van der Waals surface area contributed by atoms with Crippen LogP contribution in [0.4, 0.5) is 4.39 Å². The molecule has 0 fully saturated rings. The Morgan fingerprint density at radius 1 is 1.11 bits per heavy atom. The van der Waals surface area contributed by atoms with Gasteiger partial charge in [-0.1, -0.05) is 24.3 Å². The molecule has 0 unspecified atom stereocenters. The second-order valence-corrected chi connectivity index (χ2v) is 6.12. The Hall–Kier alpha value is -3.26. The monoisotopic (exact) mass is 384 g/mol. The Balaban J connectivity index is 1.78. The lowest BCUT2D eigenvalue weighted by Gasteiger charge is -2.05. The summed E-state index contributed by atoms with van der Waals surface area (Å²) in [5, 5.41) is 5.42. The van der Waals surface area contributed by atoms with Crippen molar-refractivity contribution >= 4 is 17.3 Å². The van der Waals surface area contributed by atoms with Gasteiger partial charge in [-0.15, -0.1) is 0 Å². The Labute approximate surface area is 161 Å². The number of aromatic nitrogens is 2. The van der Waals surface area contributed by atoms with Crippen LogP contribution in [0.2, 0.25) is 0 Å². The molecule has 0 atom stereocenters. The quantitative estimate of drug-likeness (QED) is 0.583. The summed E-state index contributed by atoms with van der Waals surface area (Å²) in [6, 6.07) is 11.4. The number of fused-ring (bicyclic) bond motifs is 1. The number of hydrogen-bond acceptors (Lipinski definition) is 4. The molecule has 8 heteroatoms. The number of imidazole rings is 1. The topological polar surface area (TPSA) is 84.7 Å².